The molecule has 0 heterocycles. The number of carbonyl (C=O) groups excluding carboxylic acids is 1. The van der Waals surface area contributed by atoms with E-state index in [0.29, 0.717) is 11.3 Å². The fourth-order valence-corrected chi connectivity index (χ4v) is 3.03. The Morgan fingerprint density at radius 3 is 1.83 bits per heavy atom. The standard InChI is InChI=1S/C17H21N3O3S/c1-18(2)24(22,23)20(4)16-12-10-14(11-13-16)17(21)19(3)15-8-6-5-7-9-15/h5-13H,1-4H3. The molecule has 2 rings (SSSR count). The van der Waals surface area contributed by atoms with Crippen LogP contribution in [0.3, 0.4) is 0 Å². The summed E-state index contributed by atoms with van der Waals surface area (Å²) in [5.41, 5.74) is 1.77. The number of hydrogen-bond donors (Lipinski definition) is 0. The first-order chi connectivity index (χ1) is 11.2. The molecule has 0 aliphatic heterocycles. The van der Waals surface area contributed by atoms with Crippen molar-refractivity contribution < 1.29 is 13.2 Å². The molecule has 1 amide bonds. The average Bonchev–Trinajstić information content (AvgIpc) is 2.60. The molecule has 0 radical (unpaired) electrons. The number of hydrogen-bond acceptors (Lipinski definition) is 3. The van der Waals surface area contributed by atoms with Crippen LogP contribution in [-0.2, 0) is 10.2 Å². The van der Waals surface area contributed by atoms with E-state index >= 15 is 0 Å². The Hall–Kier alpha value is -2.38. The van der Waals surface area contributed by atoms with E-state index in [1.165, 1.54) is 25.4 Å². The first-order valence-corrected chi connectivity index (χ1v) is 8.74. The van der Waals surface area contributed by atoms with Gasteiger partial charge in [0.1, 0.15) is 0 Å². The van der Waals surface area contributed by atoms with E-state index in [2.05, 4.69) is 0 Å². The maximum atomic E-state index is 12.5. The molecule has 0 aliphatic carbocycles. The SMILES string of the molecule is CN(C(=O)c1ccc(N(C)S(=O)(=O)N(C)C)cc1)c1ccccc1. The highest BCUT2D eigenvalue weighted by molar-refractivity contribution is 7.90. The van der Waals surface area contributed by atoms with E-state index in [9.17, 15) is 13.2 Å². The van der Waals surface area contributed by atoms with Crippen molar-refractivity contribution in [2.45, 2.75) is 0 Å². The summed E-state index contributed by atoms with van der Waals surface area (Å²) in [4.78, 5) is 14.1. The van der Waals surface area contributed by atoms with Crippen LogP contribution in [0, 0.1) is 0 Å². The second-order valence-corrected chi connectivity index (χ2v) is 7.68. The van der Waals surface area contributed by atoms with Crippen molar-refractivity contribution in [3.8, 4) is 0 Å². The Labute approximate surface area is 143 Å². The molecular formula is C17H21N3O3S. The zero-order valence-corrected chi connectivity index (χ0v) is 15.0. The third kappa shape index (κ3) is 3.58. The second kappa shape index (κ2) is 7.02. The van der Waals surface area contributed by atoms with Crippen molar-refractivity contribution in [1.29, 1.82) is 0 Å². The lowest BCUT2D eigenvalue weighted by molar-refractivity contribution is 0.0993. The molecule has 2 aromatic carbocycles. The van der Waals surface area contributed by atoms with E-state index < -0.39 is 10.2 Å². The molecule has 7 heteroatoms. The van der Waals surface area contributed by atoms with Crippen LogP contribution < -0.4 is 9.21 Å². The predicted molar refractivity (Wildman–Crippen MR) is 96.6 cm³/mol. The second-order valence-electron chi connectivity index (χ2n) is 5.50. The molecule has 0 aliphatic rings. The van der Waals surface area contributed by atoms with E-state index in [0.717, 1.165) is 9.99 Å². The number of carbonyl (C=O) groups is 1. The highest BCUT2D eigenvalue weighted by Gasteiger charge is 2.21. The van der Waals surface area contributed by atoms with Gasteiger partial charge in [0.05, 0.1) is 5.69 Å². The van der Waals surface area contributed by atoms with Crippen LogP contribution in [-0.4, -0.2) is 46.8 Å². The Morgan fingerprint density at radius 1 is 0.792 bits per heavy atom. The summed E-state index contributed by atoms with van der Waals surface area (Å²) < 4.78 is 26.5. The zero-order chi connectivity index (χ0) is 17.9. The van der Waals surface area contributed by atoms with Gasteiger partial charge in [0.2, 0.25) is 0 Å². The van der Waals surface area contributed by atoms with Crippen molar-refractivity contribution in [1.82, 2.24) is 4.31 Å². The van der Waals surface area contributed by atoms with Crippen LogP contribution in [0.2, 0.25) is 0 Å². The van der Waals surface area contributed by atoms with E-state index in [1.54, 1.807) is 36.2 Å². The minimum atomic E-state index is -3.55. The Balaban J connectivity index is 2.22. The summed E-state index contributed by atoms with van der Waals surface area (Å²) >= 11 is 0. The molecule has 24 heavy (non-hydrogen) atoms. The molecule has 0 bridgehead atoms. The molecule has 0 aromatic heterocycles. The van der Waals surface area contributed by atoms with Crippen molar-refractivity contribution in [2.75, 3.05) is 37.4 Å². The van der Waals surface area contributed by atoms with Crippen molar-refractivity contribution in [2.24, 2.45) is 0 Å². The van der Waals surface area contributed by atoms with Gasteiger partial charge in [-0.2, -0.15) is 12.7 Å². The summed E-state index contributed by atoms with van der Waals surface area (Å²) in [6, 6.07) is 15.8. The molecule has 0 N–H and O–H groups in total. The molecule has 6 nitrogen and oxygen atoms in total. The monoisotopic (exact) mass is 347 g/mol. The van der Waals surface area contributed by atoms with Gasteiger partial charge < -0.3 is 4.90 Å². The van der Waals surface area contributed by atoms with Crippen LogP contribution >= 0.6 is 0 Å². The minimum Gasteiger partial charge on any atom is -0.311 e. The quantitative estimate of drug-likeness (QED) is 0.833. The maximum Gasteiger partial charge on any atom is 0.303 e. The average molecular weight is 347 g/mol. The van der Waals surface area contributed by atoms with Gasteiger partial charge in [-0.3, -0.25) is 9.10 Å². The van der Waals surface area contributed by atoms with Gasteiger partial charge in [0.25, 0.3) is 5.91 Å². The van der Waals surface area contributed by atoms with Gasteiger partial charge in [-0.15, -0.1) is 0 Å². The zero-order valence-electron chi connectivity index (χ0n) is 14.2. The van der Waals surface area contributed by atoms with Gasteiger partial charge in [-0.05, 0) is 36.4 Å². The highest BCUT2D eigenvalue weighted by atomic mass is 32.2. The molecule has 0 unspecified atom stereocenters. The molecule has 0 spiro atoms. The van der Waals surface area contributed by atoms with Crippen LogP contribution in [0.15, 0.2) is 54.6 Å². The van der Waals surface area contributed by atoms with Gasteiger partial charge in [0, 0.05) is 39.4 Å². The third-order valence-corrected chi connectivity index (χ3v) is 5.56. The minimum absolute atomic E-state index is 0.161. The molecule has 0 fully saturated rings. The first-order valence-electron chi connectivity index (χ1n) is 7.34. The maximum absolute atomic E-state index is 12.5. The number of nitrogens with zero attached hydrogens (tertiary/aromatic N) is 3. The lowest BCUT2D eigenvalue weighted by Gasteiger charge is -2.23. The van der Waals surface area contributed by atoms with Crippen LogP contribution in [0.1, 0.15) is 10.4 Å². The highest BCUT2D eigenvalue weighted by Crippen LogP contribution is 2.20. The third-order valence-electron chi connectivity index (χ3n) is 3.73. The lowest BCUT2D eigenvalue weighted by Crippen LogP contribution is -2.37. The fraction of sp³-hybridized carbons (Fsp3) is 0.235. The predicted octanol–water partition coefficient (Wildman–Crippen LogP) is 2.21. The smallest absolute Gasteiger partial charge is 0.303 e. The summed E-state index contributed by atoms with van der Waals surface area (Å²) in [5, 5.41) is 0. The molecule has 2 aromatic rings. The first kappa shape index (κ1) is 18.0. The lowest BCUT2D eigenvalue weighted by atomic mass is 10.1. The van der Waals surface area contributed by atoms with Gasteiger partial charge in [-0.25, -0.2) is 0 Å². The number of benzene rings is 2. The van der Waals surface area contributed by atoms with Crippen molar-refractivity contribution >= 4 is 27.5 Å². The van der Waals surface area contributed by atoms with Crippen LogP contribution in [0.25, 0.3) is 0 Å². The number of rotatable bonds is 5. The Morgan fingerprint density at radius 2 is 1.33 bits per heavy atom. The van der Waals surface area contributed by atoms with E-state index in [4.69, 9.17) is 0 Å². The summed E-state index contributed by atoms with van der Waals surface area (Å²) in [5.74, 6) is -0.161. The fourth-order valence-electron chi connectivity index (χ4n) is 2.15. The van der Waals surface area contributed by atoms with Gasteiger partial charge in [0.15, 0.2) is 0 Å². The van der Waals surface area contributed by atoms with Crippen molar-refractivity contribution in [3.05, 3.63) is 60.2 Å². The van der Waals surface area contributed by atoms with Crippen LogP contribution in [0.5, 0.6) is 0 Å². The van der Waals surface area contributed by atoms with E-state index in [1.807, 2.05) is 30.3 Å². The number of anilines is 2. The number of para-hydroxylation sites is 1. The molecule has 0 saturated heterocycles. The van der Waals surface area contributed by atoms with Gasteiger partial charge >= 0.3 is 10.2 Å². The van der Waals surface area contributed by atoms with Crippen molar-refractivity contribution in [3.63, 3.8) is 0 Å². The molecule has 0 atom stereocenters. The van der Waals surface area contributed by atoms with Gasteiger partial charge in [-0.1, -0.05) is 18.2 Å². The largest absolute Gasteiger partial charge is 0.311 e. The Kier molecular flexibility index (Phi) is 5.26. The topological polar surface area (TPSA) is 60.9 Å². The summed E-state index contributed by atoms with van der Waals surface area (Å²) in [7, 11) is 2.57. The summed E-state index contributed by atoms with van der Waals surface area (Å²) in [6.45, 7) is 0. The summed E-state index contributed by atoms with van der Waals surface area (Å²) in [6.07, 6.45) is 0. The molecule has 0 saturated carbocycles. The Bertz CT molecular complexity index is 803. The normalized spacial score (nSPS) is 11.4. The number of amides is 1. The molecular weight excluding hydrogens is 326 g/mol. The molecule has 128 valence electrons. The van der Waals surface area contributed by atoms with E-state index in [-0.39, 0.29) is 5.91 Å². The van der Waals surface area contributed by atoms with Crippen LogP contribution in [0.4, 0.5) is 11.4 Å².